The van der Waals surface area contributed by atoms with E-state index in [1.807, 2.05) is 13.1 Å². The molecule has 15 heavy (non-hydrogen) atoms. The molecule has 1 heterocycles. The van der Waals surface area contributed by atoms with E-state index >= 15 is 0 Å². The first kappa shape index (κ1) is 12.2. The molecule has 2 N–H and O–H groups in total. The topological polar surface area (TPSA) is 49.9 Å². The molecule has 0 amide bonds. The minimum atomic E-state index is 0.329. The normalized spacial score (nSPS) is 15.2. The quantitative estimate of drug-likeness (QED) is 0.754. The van der Waals surface area contributed by atoms with Crippen LogP contribution in [0.2, 0.25) is 0 Å². The van der Waals surface area contributed by atoms with Crippen molar-refractivity contribution in [2.75, 3.05) is 13.7 Å². The van der Waals surface area contributed by atoms with E-state index in [2.05, 4.69) is 29.4 Å². The average molecular weight is 211 g/mol. The molecule has 0 bridgehead atoms. The van der Waals surface area contributed by atoms with Crippen LogP contribution in [-0.2, 0) is 4.74 Å². The Morgan fingerprint density at radius 1 is 1.53 bits per heavy atom. The van der Waals surface area contributed by atoms with Gasteiger partial charge in [-0.3, -0.25) is 5.10 Å². The molecule has 2 atom stereocenters. The van der Waals surface area contributed by atoms with Crippen LogP contribution in [0, 0.1) is 6.92 Å². The third-order valence-corrected chi connectivity index (χ3v) is 2.62. The predicted molar refractivity (Wildman–Crippen MR) is 60.8 cm³/mol. The minimum absolute atomic E-state index is 0.329. The molecule has 1 aromatic rings. The van der Waals surface area contributed by atoms with Gasteiger partial charge in [0.25, 0.3) is 0 Å². The Morgan fingerprint density at radius 2 is 2.27 bits per heavy atom. The highest BCUT2D eigenvalue weighted by atomic mass is 16.5. The lowest BCUT2D eigenvalue weighted by atomic mass is 10.1. The third kappa shape index (κ3) is 3.64. The highest BCUT2D eigenvalue weighted by Crippen LogP contribution is 2.15. The molecule has 0 spiro atoms. The summed E-state index contributed by atoms with van der Waals surface area (Å²) in [6.45, 7) is 7.16. The van der Waals surface area contributed by atoms with Crippen LogP contribution in [-0.4, -0.2) is 30.0 Å². The van der Waals surface area contributed by atoms with E-state index in [4.69, 9.17) is 4.74 Å². The number of aromatic nitrogens is 2. The second-order valence-corrected chi connectivity index (χ2v) is 4.02. The largest absolute Gasteiger partial charge is 0.385 e. The van der Waals surface area contributed by atoms with Crippen molar-refractivity contribution in [2.24, 2.45) is 0 Å². The highest BCUT2D eigenvalue weighted by molar-refractivity contribution is 5.18. The maximum atomic E-state index is 5.05. The van der Waals surface area contributed by atoms with Gasteiger partial charge in [0.05, 0.1) is 6.20 Å². The molecular formula is C11H21N3O. The van der Waals surface area contributed by atoms with E-state index < -0.39 is 0 Å². The number of aryl methyl sites for hydroxylation is 1. The molecule has 0 radical (unpaired) electrons. The summed E-state index contributed by atoms with van der Waals surface area (Å²) in [6, 6.07) is 0.782. The van der Waals surface area contributed by atoms with Crippen LogP contribution < -0.4 is 5.32 Å². The summed E-state index contributed by atoms with van der Waals surface area (Å²) in [6.07, 6.45) is 2.91. The second kappa shape index (κ2) is 5.88. The number of nitrogens with zero attached hydrogens (tertiary/aromatic N) is 1. The smallest absolute Gasteiger partial charge is 0.0537 e. The van der Waals surface area contributed by atoms with Crippen molar-refractivity contribution in [3.63, 3.8) is 0 Å². The molecule has 86 valence electrons. The van der Waals surface area contributed by atoms with Gasteiger partial charge in [0.1, 0.15) is 0 Å². The zero-order valence-electron chi connectivity index (χ0n) is 10.0. The van der Waals surface area contributed by atoms with Crippen molar-refractivity contribution in [1.29, 1.82) is 0 Å². The van der Waals surface area contributed by atoms with Crippen molar-refractivity contribution >= 4 is 0 Å². The van der Waals surface area contributed by atoms with Gasteiger partial charge in [0, 0.05) is 37.1 Å². The van der Waals surface area contributed by atoms with Gasteiger partial charge >= 0.3 is 0 Å². The fourth-order valence-corrected chi connectivity index (χ4v) is 1.69. The van der Waals surface area contributed by atoms with Gasteiger partial charge in [0.2, 0.25) is 0 Å². The molecule has 1 rings (SSSR count). The van der Waals surface area contributed by atoms with Gasteiger partial charge in [-0.1, -0.05) is 0 Å². The van der Waals surface area contributed by atoms with Crippen LogP contribution in [0.15, 0.2) is 6.20 Å². The van der Waals surface area contributed by atoms with Crippen molar-refractivity contribution in [2.45, 2.75) is 39.3 Å². The maximum Gasteiger partial charge on any atom is 0.0537 e. The predicted octanol–water partition coefficient (Wildman–Crippen LogP) is 1.79. The lowest BCUT2D eigenvalue weighted by molar-refractivity contribution is 0.183. The Morgan fingerprint density at radius 3 is 2.80 bits per heavy atom. The summed E-state index contributed by atoms with van der Waals surface area (Å²) in [5, 5.41) is 10.5. The van der Waals surface area contributed by atoms with E-state index in [0.717, 1.165) is 18.7 Å². The fraction of sp³-hybridized carbons (Fsp3) is 0.727. The molecule has 0 saturated heterocycles. The minimum Gasteiger partial charge on any atom is -0.385 e. The Balaban J connectivity index is 2.42. The molecule has 0 aliphatic carbocycles. The Labute approximate surface area is 91.4 Å². The van der Waals surface area contributed by atoms with Gasteiger partial charge in [-0.25, -0.2) is 0 Å². The second-order valence-electron chi connectivity index (χ2n) is 4.02. The van der Waals surface area contributed by atoms with E-state index in [0.29, 0.717) is 12.1 Å². The maximum absolute atomic E-state index is 5.05. The number of hydrogen-bond donors (Lipinski definition) is 2. The third-order valence-electron chi connectivity index (χ3n) is 2.62. The van der Waals surface area contributed by atoms with Crippen molar-refractivity contribution in [3.05, 3.63) is 17.5 Å². The van der Waals surface area contributed by atoms with E-state index in [9.17, 15) is 0 Å². The number of H-pyrrole nitrogens is 1. The van der Waals surface area contributed by atoms with Gasteiger partial charge in [-0.15, -0.1) is 0 Å². The van der Waals surface area contributed by atoms with Gasteiger partial charge < -0.3 is 10.1 Å². The van der Waals surface area contributed by atoms with Crippen molar-refractivity contribution in [3.8, 4) is 0 Å². The zero-order chi connectivity index (χ0) is 11.3. The average Bonchev–Trinajstić information content (AvgIpc) is 2.61. The zero-order valence-corrected chi connectivity index (χ0v) is 10.0. The summed E-state index contributed by atoms with van der Waals surface area (Å²) in [4.78, 5) is 0. The van der Waals surface area contributed by atoms with Crippen LogP contribution in [0.1, 0.15) is 37.6 Å². The number of aromatic amines is 1. The number of hydrogen-bond acceptors (Lipinski definition) is 3. The summed E-state index contributed by atoms with van der Waals surface area (Å²) in [7, 11) is 1.73. The van der Waals surface area contributed by atoms with Gasteiger partial charge in [-0.05, 0) is 27.2 Å². The Hall–Kier alpha value is -0.870. The molecule has 1 aromatic heterocycles. The summed E-state index contributed by atoms with van der Waals surface area (Å²) >= 11 is 0. The first-order valence-electron chi connectivity index (χ1n) is 5.40. The number of methoxy groups -OCH3 is 1. The molecule has 4 nitrogen and oxygen atoms in total. The number of nitrogens with one attached hydrogen (secondary N) is 2. The monoisotopic (exact) mass is 211 g/mol. The molecule has 0 aliphatic rings. The van der Waals surface area contributed by atoms with Crippen LogP contribution in [0.25, 0.3) is 0 Å². The molecule has 0 saturated carbocycles. The Kier molecular flexibility index (Phi) is 4.78. The molecule has 0 fully saturated rings. The summed E-state index contributed by atoms with van der Waals surface area (Å²) < 4.78 is 5.05. The molecular weight excluding hydrogens is 190 g/mol. The van der Waals surface area contributed by atoms with Crippen LogP contribution in [0.5, 0.6) is 0 Å². The standard InChI is InChI=1S/C11H21N3O/c1-8(5-6-15-4)13-9(2)11-7-12-14-10(11)3/h7-9,13H,5-6H2,1-4H3,(H,12,14). The van der Waals surface area contributed by atoms with E-state index in [1.165, 1.54) is 5.56 Å². The molecule has 0 aliphatic heterocycles. The summed E-state index contributed by atoms with van der Waals surface area (Å²) in [5.74, 6) is 0. The lowest BCUT2D eigenvalue weighted by Crippen LogP contribution is -2.30. The number of ether oxygens (including phenoxy) is 1. The first-order chi connectivity index (χ1) is 7.15. The molecule has 4 heteroatoms. The van der Waals surface area contributed by atoms with Crippen molar-refractivity contribution < 1.29 is 4.74 Å². The van der Waals surface area contributed by atoms with E-state index in [-0.39, 0.29) is 0 Å². The van der Waals surface area contributed by atoms with Gasteiger partial charge in [-0.2, -0.15) is 5.10 Å². The summed E-state index contributed by atoms with van der Waals surface area (Å²) in [5.41, 5.74) is 2.37. The SMILES string of the molecule is COCCC(C)NC(C)c1cn[nH]c1C. The van der Waals surface area contributed by atoms with Crippen molar-refractivity contribution in [1.82, 2.24) is 15.5 Å². The first-order valence-corrected chi connectivity index (χ1v) is 5.40. The van der Waals surface area contributed by atoms with Gasteiger partial charge in [0.15, 0.2) is 0 Å². The van der Waals surface area contributed by atoms with Crippen LogP contribution in [0.3, 0.4) is 0 Å². The highest BCUT2D eigenvalue weighted by Gasteiger charge is 2.12. The van der Waals surface area contributed by atoms with Crippen LogP contribution in [0.4, 0.5) is 0 Å². The molecule has 2 unspecified atom stereocenters. The Bertz CT molecular complexity index is 285. The lowest BCUT2D eigenvalue weighted by Gasteiger charge is -2.19. The molecule has 0 aromatic carbocycles. The van der Waals surface area contributed by atoms with Crippen LogP contribution >= 0.6 is 0 Å². The number of rotatable bonds is 6. The fourth-order valence-electron chi connectivity index (χ4n) is 1.69. The van der Waals surface area contributed by atoms with E-state index in [1.54, 1.807) is 7.11 Å².